The lowest BCUT2D eigenvalue weighted by Crippen LogP contribution is -2.29. The van der Waals surface area contributed by atoms with Gasteiger partial charge in [-0.25, -0.2) is 12.8 Å². The molecule has 0 aliphatic heterocycles. The molecule has 2 aromatic rings. The Morgan fingerprint density at radius 3 is 2.38 bits per heavy atom. The van der Waals surface area contributed by atoms with E-state index < -0.39 is 9.84 Å². The van der Waals surface area contributed by atoms with Crippen molar-refractivity contribution in [1.82, 2.24) is 5.32 Å². The van der Waals surface area contributed by atoms with Gasteiger partial charge in [-0.2, -0.15) is 0 Å². The molecule has 0 spiro atoms. The molecule has 0 aromatic heterocycles. The van der Waals surface area contributed by atoms with Crippen LogP contribution in [0.1, 0.15) is 30.5 Å². The van der Waals surface area contributed by atoms with E-state index in [4.69, 9.17) is 0 Å². The number of halogens is 1. The minimum Gasteiger partial charge on any atom is -0.349 e. The lowest BCUT2D eigenvalue weighted by molar-refractivity contribution is -0.119. The van der Waals surface area contributed by atoms with Crippen LogP contribution in [0, 0.1) is 5.82 Å². The number of benzene rings is 2. The summed E-state index contributed by atoms with van der Waals surface area (Å²) in [7, 11) is -3.24. The molecule has 0 saturated carbocycles. The Kier molecular flexibility index (Phi) is 7.23. The Balaban J connectivity index is 1.90. The summed E-state index contributed by atoms with van der Waals surface area (Å²) in [6, 6.07) is 12.9. The van der Waals surface area contributed by atoms with Crippen molar-refractivity contribution in [3.63, 3.8) is 0 Å². The van der Waals surface area contributed by atoms with Gasteiger partial charge in [-0.15, -0.1) is 11.8 Å². The van der Waals surface area contributed by atoms with Gasteiger partial charge in [0.15, 0.2) is 9.84 Å². The third kappa shape index (κ3) is 5.85. The molecule has 0 bridgehead atoms. The molecule has 140 valence electrons. The first-order chi connectivity index (χ1) is 12.3. The van der Waals surface area contributed by atoms with Crippen LogP contribution in [-0.4, -0.2) is 26.3 Å². The third-order valence-corrected chi connectivity index (χ3v) is 6.01. The van der Waals surface area contributed by atoms with Gasteiger partial charge in [0.25, 0.3) is 0 Å². The van der Waals surface area contributed by atoms with E-state index in [2.05, 4.69) is 5.32 Å². The first-order valence-corrected chi connectivity index (χ1v) is 11.3. The highest BCUT2D eigenvalue weighted by Crippen LogP contribution is 2.20. The minimum absolute atomic E-state index is 0.134. The Hall–Kier alpha value is -1.86. The fourth-order valence-electron chi connectivity index (χ4n) is 2.47. The molecule has 1 amide bonds. The zero-order valence-electron chi connectivity index (χ0n) is 14.7. The number of carbonyl (C=O) groups excluding carboxylic acids is 1. The van der Waals surface area contributed by atoms with Gasteiger partial charge >= 0.3 is 0 Å². The second-order valence-electron chi connectivity index (χ2n) is 5.95. The average Bonchev–Trinajstić information content (AvgIpc) is 2.61. The lowest BCUT2D eigenvalue weighted by Gasteiger charge is -2.18. The minimum atomic E-state index is -3.24. The maximum Gasteiger partial charge on any atom is 0.230 e. The maximum absolute atomic E-state index is 13.6. The summed E-state index contributed by atoms with van der Waals surface area (Å²) in [5, 5.41) is 2.94. The summed E-state index contributed by atoms with van der Waals surface area (Å²) >= 11 is 1.35. The van der Waals surface area contributed by atoms with Gasteiger partial charge in [0.2, 0.25) is 5.91 Å². The van der Waals surface area contributed by atoms with Crippen LogP contribution in [0.4, 0.5) is 4.39 Å². The topological polar surface area (TPSA) is 63.2 Å². The number of thioether (sulfide) groups is 1. The molecule has 1 N–H and O–H groups in total. The second kappa shape index (κ2) is 9.19. The quantitative estimate of drug-likeness (QED) is 0.740. The normalized spacial score (nSPS) is 12.6. The summed E-state index contributed by atoms with van der Waals surface area (Å²) in [4.78, 5) is 12.4. The van der Waals surface area contributed by atoms with Gasteiger partial charge in [0.1, 0.15) is 5.82 Å². The van der Waals surface area contributed by atoms with Gasteiger partial charge in [0, 0.05) is 12.0 Å². The summed E-state index contributed by atoms with van der Waals surface area (Å²) in [5.74, 6) is 0.259. The van der Waals surface area contributed by atoms with Crippen LogP contribution in [-0.2, 0) is 20.4 Å². The van der Waals surface area contributed by atoms with Crippen molar-refractivity contribution in [3.05, 3.63) is 65.5 Å². The standard InChI is InChI=1S/C19H22FNO3S2/c1-3-18(14-8-10-16(11-9-14)26(2,23)24)21-19(22)13-25-12-15-6-4-5-7-17(15)20/h4-11,18H,3,12-13H2,1-2H3,(H,21,22)/t18-/m0/s1. The van der Waals surface area contributed by atoms with Crippen molar-refractivity contribution in [3.8, 4) is 0 Å². The first-order valence-electron chi connectivity index (χ1n) is 8.21. The summed E-state index contributed by atoms with van der Waals surface area (Å²) < 4.78 is 36.6. The highest BCUT2D eigenvalue weighted by atomic mass is 32.2. The van der Waals surface area contributed by atoms with E-state index in [1.54, 1.807) is 42.5 Å². The largest absolute Gasteiger partial charge is 0.349 e. The number of hydrogen-bond acceptors (Lipinski definition) is 4. The van der Waals surface area contributed by atoms with Crippen molar-refractivity contribution in [1.29, 1.82) is 0 Å². The van der Waals surface area contributed by atoms with Gasteiger partial charge in [-0.05, 0) is 35.7 Å². The molecule has 2 rings (SSSR count). The van der Waals surface area contributed by atoms with Crippen molar-refractivity contribution >= 4 is 27.5 Å². The van der Waals surface area contributed by atoms with Crippen molar-refractivity contribution in [2.75, 3.05) is 12.0 Å². The van der Waals surface area contributed by atoms with Crippen LogP contribution < -0.4 is 5.32 Å². The summed E-state index contributed by atoms with van der Waals surface area (Å²) in [6.45, 7) is 1.95. The molecular formula is C19H22FNO3S2. The van der Waals surface area contributed by atoms with Gasteiger partial charge in [0.05, 0.1) is 16.7 Å². The highest BCUT2D eigenvalue weighted by molar-refractivity contribution is 7.99. The van der Waals surface area contributed by atoms with E-state index in [0.29, 0.717) is 17.7 Å². The summed E-state index contributed by atoms with van der Waals surface area (Å²) in [6.07, 6.45) is 1.84. The van der Waals surface area contributed by atoms with E-state index in [0.717, 1.165) is 11.8 Å². The number of sulfone groups is 1. The highest BCUT2D eigenvalue weighted by Gasteiger charge is 2.14. The van der Waals surface area contributed by atoms with Gasteiger partial charge < -0.3 is 5.32 Å². The summed E-state index contributed by atoms with van der Waals surface area (Å²) in [5.41, 5.74) is 1.43. The van der Waals surface area contributed by atoms with Gasteiger partial charge in [-0.3, -0.25) is 4.79 Å². The van der Waals surface area contributed by atoms with E-state index in [1.807, 2.05) is 6.92 Å². The molecule has 0 aliphatic rings. The predicted octanol–water partition coefficient (Wildman–Crippen LogP) is 3.73. The predicted molar refractivity (Wildman–Crippen MR) is 103 cm³/mol. The molecule has 26 heavy (non-hydrogen) atoms. The lowest BCUT2D eigenvalue weighted by atomic mass is 10.0. The van der Waals surface area contributed by atoms with E-state index in [9.17, 15) is 17.6 Å². The number of rotatable bonds is 8. The number of nitrogens with one attached hydrogen (secondary N) is 1. The van der Waals surface area contributed by atoms with Crippen molar-refractivity contribution < 1.29 is 17.6 Å². The SMILES string of the molecule is CC[C@H](NC(=O)CSCc1ccccc1F)c1ccc(S(C)(=O)=O)cc1. The van der Waals surface area contributed by atoms with Crippen molar-refractivity contribution in [2.45, 2.75) is 30.0 Å². The molecular weight excluding hydrogens is 373 g/mol. The molecule has 0 unspecified atom stereocenters. The molecule has 0 saturated heterocycles. The van der Waals surface area contributed by atoms with Crippen LogP contribution in [0.2, 0.25) is 0 Å². The van der Waals surface area contributed by atoms with Crippen molar-refractivity contribution in [2.24, 2.45) is 0 Å². The molecule has 7 heteroatoms. The first kappa shape index (κ1) is 20.5. The Morgan fingerprint density at radius 1 is 1.15 bits per heavy atom. The average molecular weight is 396 g/mol. The number of amides is 1. The molecule has 2 aromatic carbocycles. The van der Waals surface area contributed by atoms with Crippen LogP contribution in [0.15, 0.2) is 53.4 Å². The van der Waals surface area contributed by atoms with E-state index >= 15 is 0 Å². The Labute approximate surface area is 158 Å². The Bertz CT molecular complexity index is 851. The number of carbonyl (C=O) groups is 1. The zero-order valence-corrected chi connectivity index (χ0v) is 16.4. The molecule has 4 nitrogen and oxygen atoms in total. The molecule has 0 radical (unpaired) electrons. The fourth-order valence-corrected chi connectivity index (χ4v) is 3.93. The molecule has 1 atom stereocenters. The Morgan fingerprint density at radius 2 is 1.81 bits per heavy atom. The van der Waals surface area contributed by atoms with Crippen LogP contribution in [0.3, 0.4) is 0 Å². The van der Waals surface area contributed by atoms with Crippen LogP contribution >= 0.6 is 11.8 Å². The van der Waals surface area contributed by atoms with E-state index in [-0.39, 0.29) is 28.4 Å². The fraction of sp³-hybridized carbons (Fsp3) is 0.316. The maximum atomic E-state index is 13.6. The van der Waals surface area contributed by atoms with Crippen LogP contribution in [0.5, 0.6) is 0 Å². The smallest absolute Gasteiger partial charge is 0.230 e. The monoisotopic (exact) mass is 395 g/mol. The molecule has 0 fully saturated rings. The third-order valence-electron chi connectivity index (χ3n) is 3.90. The van der Waals surface area contributed by atoms with Crippen LogP contribution in [0.25, 0.3) is 0 Å². The number of hydrogen-bond donors (Lipinski definition) is 1. The molecule has 0 heterocycles. The second-order valence-corrected chi connectivity index (χ2v) is 8.96. The van der Waals surface area contributed by atoms with E-state index in [1.165, 1.54) is 17.8 Å². The van der Waals surface area contributed by atoms with Gasteiger partial charge in [-0.1, -0.05) is 37.3 Å². The zero-order chi connectivity index (χ0) is 19.2. The molecule has 0 aliphatic carbocycles.